The number of hydrogen-bond donors (Lipinski definition) is 3. The van der Waals surface area contributed by atoms with Crippen LogP contribution in [0.1, 0.15) is 49.9 Å². The van der Waals surface area contributed by atoms with Crippen LogP contribution in [0.4, 0.5) is 5.69 Å². The standard InChI is InChI=1S/C32H44N2O8/c1-6-34-15-30(42-29(37)17-9-7-8-10-20(17)33-16(2)35)12-11-23(39-3)31-21(30)13-18(27(31)34)24-25(36)26(40-4)19-14-22(31)32(24,38)28(19)41-5/h7-10,18-19,21-28,36,38H,6,11-15H2,1-5H3,(H,33,35)/t18-,19+,21-,22+,23-,24?,25+,26-,27-,28+,30+,31+,32-/m1/s1. The summed E-state index contributed by atoms with van der Waals surface area (Å²) in [7, 11) is 5.06. The van der Waals surface area contributed by atoms with Gasteiger partial charge in [-0.3, -0.25) is 9.69 Å². The van der Waals surface area contributed by atoms with Gasteiger partial charge in [0.25, 0.3) is 0 Å². The molecule has 13 atom stereocenters. The number of rotatable bonds is 7. The zero-order chi connectivity index (χ0) is 29.8. The lowest BCUT2D eigenvalue weighted by Crippen LogP contribution is -2.80. The summed E-state index contributed by atoms with van der Waals surface area (Å²) >= 11 is 0. The van der Waals surface area contributed by atoms with Gasteiger partial charge in [0.05, 0.1) is 35.7 Å². The molecule has 1 aromatic carbocycles. The Morgan fingerprint density at radius 3 is 2.48 bits per heavy atom. The summed E-state index contributed by atoms with van der Waals surface area (Å²) in [6.07, 6.45) is 0.833. The number of aliphatic hydroxyl groups is 2. The highest BCUT2D eigenvalue weighted by Gasteiger charge is 2.86. The third kappa shape index (κ3) is 3.31. The smallest absolute Gasteiger partial charge is 0.340 e. The molecule has 1 aromatic rings. The molecule has 1 spiro atoms. The SMILES string of the molecule is CCN1C[C@@]2(OC(=O)c3ccccc3NC(C)=O)CC[C@@H](OC)[C@]34[C@@H]2C[C@H](C2[C@H](O)[C@H](OC)[C@@H]5C[C@@H]3[C@]2(O)[C@H]5OC)[C@@H]14. The van der Waals surface area contributed by atoms with Crippen LogP contribution >= 0.6 is 0 Å². The fourth-order valence-corrected chi connectivity index (χ4v) is 11.7. The summed E-state index contributed by atoms with van der Waals surface area (Å²) < 4.78 is 25.1. The van der Waals surface area contributed by atoms with Gasteiger partial charge in [-0.15, -0.1) is 0 Å². The van der Waals surface area contributed by atoms with Gasteiger partial charge < -0.3 is 34.5 Å². The normalized spacial score (nSPS) is 48.2. The summed E-state index contributed by atoms with van der Waals surface area (Å²) in [6.45, 7) is 4.88. The first-order valence-corrected chi connectivity index (χ1v) is 15.5. The zero-order valence-electron chi connectivity index (χ0n) is 25.1. The van der Waals surface area contributed by atoms with E-state index in [0.29, 0.717) is 43.5 Å². The Labute approximate surface area is 247 Å². The van der Waals surface area contributed by atoms with E-state index >= 15 is 0 Å². The minimum Gasteiger partial charge on any atom is -0.454 e. The number of fused-ring (bicyclic) bond motifs is 2. The average molecular weight is 585 g/mol. The highest BCUT2D eigenvalue weighted by atomic mass is 16.6. The van der Waals surface area contributed by atoms with Crippen molar-refractivity contribution >= 4 is 17.6 Å². The van der Waals surface area contributed by atoms with Crippen molar-refractivity contribution in [3.8, 4) is 0 Å². The highest BCUT2D eigenvalue weighted by molar-refractivity contribution is 6.00. The van der Waals surface area contributed by atoms with E-state index in [1.807, 2.05) is 0 Å². The predicted octanol–water partition coefficient (Wildman–Crippen LogP) is 2.08. The molecule has 7 rings (SSSR count). The first kappa shape index (κ1) is 28.7. The number of likely N-dealkylation sites (N-methyl/N-ethyl adjacent to an activating group) is 1. The maximum Gasteiger partial charge on any atom is 0.340 e. The van der Waals surface area contributed by atoms with Crippen molar-refractivity contribution in [1.82, 2.24) is 4.90 Å². The molecule has 1 unspecified atom stereocenters. The maximum atomic E-state index is 14.0. The zero-order valence-corrected chi connectivity index (χ0v) is 25.1. The number of hydrogen-bond acceptors (Lipinski definition) is 9. The van der Waals surface area contributed by atoms with Crippen LogP contribution in [0.15, 0.2) is 24.3 Å². The number of aliphatic hydroxyl groups excluding tert-OH is 1. The Balaban J connectivity index is 1.37. The van der Waals surface area contributed by atoms with Gasteiger partial charge in [-0.05, 0) is 50.3 Å². The number of ether oxygens (including phenoxy) is 4. The van der Waals surface area contributed by atoms with E-state index in [1.165, 1.54) is 6.92 Å². The average Bonchev–Trinajstić information content (AvgIpc) is 3.35. The third-order valence-corrected chi connectivity index (χ3v) is 12.5. The molecule has 230 valence electrons. The number of anilines is 1. The lowest BCUT2D eigenvalue weighted by atomic mass is 9.44. The van der Waals surface area contributed by atoms with Gasteiger partial charge in [-0.25, -0.2) is 4.79 Å². The molecule has 0 radical (unpaired) electrons. The van der Waals surface area contributed by atoms with Crippen molar-refractivity contribution in [3.63, 3.8) is 0 Å². The summed E-state index contributed by atoms with van der Waals surface area (Å²) in [5, 5.41) is 27.5. The van der Waals surface area contributed by atoms with Crippen molar-refractivity contribution in [2.24, 2.45) is 35.0 Å². The molecule has 1 saturated heterocycles. The fourth-order valence-electron chi connectivity index (χ4n) is 11.7. The molecular formula is C32H44N2O8. The van der Waals surface area contributed by atoms with E-state index in [2.05, 4.69) is 17.1 Å². The molecule has 42 heavy (non-hydrogen) atoms. The topological polar surface area (TPSA) is 127 Å². The van der Waals surface area contributed by atoms with Crippen molar-refractivity contribution in [1.29, 1.82) is 0 Å². The molecule has 7 bridgehead atoms. The molecule has 10 heteroatoms. The first-order chi connectivity index (χ1) is 20.1. The van der Waals surface area contributed by atoms with Crippen molar-refractivity contribution in [2.75, 3.05) is 39.7 Å². The van der Waals surface area contributed by atoms with Crippen molar-refractivity contribution < 1.29 is 38.7 Å². The quantitative estimate of drug-likeness (QED) is 0.413. The number of likely N-dealkylation sites (tertiary alicyclic amines) is 1. The minimum absolute atomic E-state index is 0.0523. The van der Waals surface area contributed by atoms with E-state index in [9.17, 15) is 19.8 Å². The van der Waals surface area contributed by atoms with Crippen LogP contribution in [0.25, 0.3) is 0 Å². The summed E-state index contributed by atoms with van der Waals surface area (Å²) in [4.78, 5) is 28.4. The summed E-state index contributed by atoms with van der Waals surface area (Å²) in [5.41, 5.74) is -1.80. The minimum atomic E-state index is -1.25. The second-order valence-electron chi connectivity index (χ2n) is 13.6. The molecular weight excluding hydrogens is 540 g/mol. The van der Waals surface area contributed by atoms with Crippen LogP contribution in [-0.2, 0) is 23.7 Å². The highest BCUT2D eigenvalue weighted by Crippen LogP contribution is 2.78. The number of para-hydroxylation sites is 1. The van der Waals surface area contributed by atoms with E-state index in [0.717, 1.165) is 6.54 Å². The Bertz CT molecular complexity index is 1280. The molecule has 10 nitrogen and oxygen atoms in total. The van der Waals surface area contributed by atoms with Crippen LogP contribution < -0.4 is 5.32 Å². The Kier molecular flexibility index (Phi) is 6.63. The van der Waals surface area contributed by atoms with Crippen LogP contribution in [0.2, 0.25) is 0 Å². The van der Waals surface area contributed by atoms with Gasteiger partial charge in [-0.1, -0.05) is 19.1 Å². The second-order valence-corrected chi connectivity index (χ2v) is 13.6. The monoisotopic (exact) mass is 584 g/mol. The second kappa shape index (κ2) is 9.71. The predicted molar refractivity (Wildman–Crippen MR) is 152 cm³/mol. The Hall–Kier alpha value is -2.08. The van der Waals surface area contributed by atoms with Crippen LogP contribution in [0.3, 0.4) is 0 Å². The van der Waals surface area contributed by atoms with E-state index in [4.69, 9.17) is 18.9 Å². The lowest BCUT2D eigenvalue weighted by Gasteiger charge is -2.69. The van der Waals surface area contributed by atoms with E-state index in [1.54, 1.807) is 45.6 Å². The number of carbonyl (C=O) groups is 2. The number of esters is 1. The molecule has 3 N–H and O–H groups in total. The van der Waals surface area contributed by atoms with Crippen molar-refractivity contribution in [3.05, 3.63) is 29.8 Å². The van der Waals surface area contributed by atoms with Crippen LogP contribution in [-0.4, -0.2) is 103 Å². The molecule has 1 heterocycles. The van der Waals surface area contributed by atoms with Gasteiger partial charge >= 0.3 is 5.97 Å². The first-order valence-electron chi connectivity index (χ1n) is 15.5. The van der Waals surface area contributed by atoms with Gasteiger partial charge in [0, 0.05) is 69.9 Å². The molecule has 0 aromatic heterocycles. The molecule has 5 aliphatic carbocycles. The van der Waals surface area contributed by atoms with Crippen LogP contribution in [0, 0.1) is 35.0 Å². The molecule has 6 fully saturated rings. The number of benzene rings is 1. The molecule has 5 saturated carbocycles. The lowest BCUT2D eigenvalue weighted by molar-refractivity contribution is -0.309. The van der Waals surface area contributed by atoms with Crippen molar-refractivity contribution in [2.45, 2.75) is 81.2 Å². The van der Waals surface area contributed by atoms with Gasteiger partial charge in [0.15, 0.2) is 0 Å². The molecule has 6 aliphatic rings. The van der Waals surface area contributed by atoms with E-state index in [-0.39, 0.29) is 41.7 Å². The van der Waals surface area contributed by atoms with E-state index < -0.39 is 46.8 Å². The van der Waals surface area contributed by atoms with Gasteiger partial charge in [0.2, 0.25) is 5.91 Å². The number of carbonyl (C=O) groups excluding carboxylic acids is 2. The number of nitrogens with zero attached hydrogens (tertiary/aromatic N) is 1. The largest absolute Gasteiger partial charge is 0.454 e. The Morgan fingerprint density at radius 2 is 1.81 bits per heavy atom. The Morgan fingerprint density at radius 1 is 1.07 bits per heavy atom. The van der Waals surface area contributed by atoms with Gasteiger partial charge in [0.1, 0.15) is 11.2 Å². The molecule has 1 amide bonds. The number of piperidine rings is 1. The van der Waals surface area contributed by atoms with Gasteiger partial charge in [-0.2, -0.15) is 0 Å². The molecule has 1 aliphatic heterocycles. The fraction of sp³-hybridized carbons (Fsp3) is 0.750. The number of amides is 1. The number of methoxy groups -OCH3 is 3. The maximum absolute atomic E-state index is 14.0. The van der Waals surface area contributed by atoms with Crippen LogP contribution in [0.5, 0.6) is 0 Å². The summed E-state index contributed by atoms with van der Waals surface area (Å²) in [6, 6.07) is 7.02. The number of nitrogens with one attached hydrogen (secondary N) is 1. The summed E-state index contributed by atoms with van der Waals surface area (Å²) in [5.74, 6) is -1.66. The third-order valence-electron chi connectivity index (χ3n) is 12.5.